The molecule has 0 aliphatic carbocycles. The molecule has 1 aliphatic heterocycles. The summed E-state index contributed by atoms with van der Waals surface area (Å²) in [5, 5.41) is 3.03. The fourth-order valence-electron chi connectivity index (χ4n) is 6.43. The Balaban J connectivity index is 0.863. The van der Waals surface area contributed by atoms with Crippen molar-refractivity contribution in [1.29, 1.82) is 0 Å². The molecule has 6 aromatic carbocycles. The molecule has 1 aliphatic rings. The second-order valence-corrected chi connectivity index (χ2v) is 13.4. The van der Waals surface area contributed by atoms with Gasteiger partial charge in [-0.15, -0.1) is 0 Å². The third-order valence-corrected chi connectivity index (χ3v) is 9.63. The number of likely N-dealkylation sites (tertiary alicyclic amines) is 1. The SMILES string of the molecule is Cc1ccc(C(=O)N2CCC(Oc3ccc(COc4ccc(-c5ccc(C(=O)Nc6cccc(N(C)c7ccccc7)c6)cc5)cc4)cc3)CC2)cc1. The Kier molecular flexibility index (Phi) is 10.8. The molecule has 0 aromatic heterocycles. The van der Waals surface area contributed by atoms with Crippen LogP contribution in [0.5, 0.6) is 11.5 Å². The van der Waals surface area contributed by atoms with Crippen LogP contribution in [0.2, 0.25) is 0 Å². The summed E-state index contributed by atoms with van der Waals surface area (Å²) < 4.78 is 12.3. The maximum Gasteiger partial charge on any atom is 0.255 e. The second kappa shape index (κ2) is 16.3. The van der Waals surface area contributed by atoms with Gasteiger partial charge < -0.3 is 24.6 Å². The number of amides is 2. The fraction of sp³-hybridized carbons (Fsp3) is 0.174. The lowest BCUT2D eigenvalue weighted by Crippen LogP contribution is -2.41. The van der Waals surface area contributed by atoms with Crippen molar-refractivity contribution in [2.75, 3.05) is 30.4 Å². The van der Waals surface area contributed by atoms with Gasteiger partial charge in [0.25, 0.3) is 11.8 Å². The summed E-state index contributed by atoms with van der Waals surface area (Å²) in [6, 6.07) is 49.3. The predicted octanol–water partition coefficient (Wildman–Crippen LogP) is 9.94. The van der Waals surface area contributed by atoms with Crippen molar-refractivity contribution in [3.8, 4) is 22.6 Å². The molecule has 0 atom stereocenters. The van der Waals surface area contributed by atoms with E-state index in [1.165, 1.54) is 0 Å². The number of nitrogens with zero attached hydrogens (tertiary/aromatic N) is 2. The highest BCUT2D eigenvalue weighted by atomic mass is 16.5. The number of piperidine rings is 1. The molecule has 0 radical (unpaired) electrons. The maximum absolute atomic E-state index is 13.1. The number of hydrogen-bond acceptors (Lipinski definition) is 5. The van der Waals surface area contributed by atoms with E-state index in [-0.39, 0.29) is 17.9 Å². The van der Waals surface area contributed by atoms with Gasteiger partial charge in [0.2, 0.25) is 0 Å². The van der Waals surface area contributed by atoms with Gasteiger partial charge >= 0.3 is 0 Å². The molecule has 1 saturated heterocycles. The van der Waals surface area contributed by atoms with Gasteiger partial charge in [-0.3, -0.25) is 9.59 Å². The number of nitrogens with one attached hydrogen (secondary N) is 1. The molecule has 7 rings (SSSR count). The Labute approximate surface area is 311 Å². The molecule has 7 heteroatoms. The summed E-state index contributed by atoms with van der Waals surface area (Å²) in [5.41, 5.74) is 8.36. The highest BCUT2D eigenvalue weighted by molar-refractivity contribution is 6.04. The average molecular weight is 702 g/mol. The molecule has 0 spiro atoms. The molecule has 1 N–H and O–H groups in total. The topological polar surface area (TPSA) is 71.1 Å². The Bertz CT molecular complexity index is 2120. The largest absolute Gasteiger partial charge is 0.490 e. The molecule has 266 valence electrons. The monoisotopic (exact) mass is 701 g/mol. The van der Waals surface area contributed by atoms with Crippen LogP contribution in [-0.2, 0) is 6.61 Å². The van der Waals surface area contributed by atoms with Crippen LogP contribution in [0.25, 0.3) is 11.1 Å². The molecule has 0 bridgehead atoms. The number of carbonyl (C=O) groups excluding carboxylic acids is 2. The number of anilines is 3. The number of rotatable bonds is 11. The van der Waals surface area contributed by atoms with Crippen molar-refractivity contribution in [1.82, 2.24) is 4.90 Å². The summed E-state index contributed by atoms with van der Waals surface area (Å²) in [7, 11) is 2.01. The number of aryl methyl sites for hydroxylation is 1. The van der Waals surface area contributed by atoms with Crippen LogP contribution in [0.3, 0.4) is 0 Å². The maximum atomic E-state index is 13.1. The van der Waals surface area contributed by atoms with Crippen molar-refractivity contribution in [2.45, 2.75) is 32.5 Å². The number of hydrogen-bond donors (Lipinski definition) is 1. The first-order valence-electron chi connectivity index (χ1n) is 18.0. The minimum atomic E-state index is -0.160. The van der Waals surface area contributed by atoms with Crippen LogP contribution in [0, 0.1) is 6.92 Å². The Hall–Kier alpha value is -6.34. The minimum absolute atomic E-state index is 0.0850. The lowest BCUT2D eigenvalue weighted by Gasteiger charge is -2.32. The molecular weight excluding hydrogens is 659 g/mol. The molecule has 1 heterocycles. The number of ether oxygens (including phenoxy) is 2. The molecule has 2 amide bonds. The fourth-order valence-corrected chi connectivity index (χ4v) is 6.43. The summed E-state index contributed by atoms with van der Waals surface area (Å²) >= 11 is 0. The first kappa shape index (κ1) is 35.1. The van der Waals surface area contributed by atoms with Gasteiger partial charge in [0.05, 0.1) is 0 Å². The minimum Gasteiger partial charge on any atom is -0.490 e. The average Bonchev–Trinajstić information content (AvgIpc) is 3.21. The lowest BCUT2D eigenvalue weighted by atomic mass is 10.0. The van der Waals surface area contributed by atoms with Gasteiger partial charge in [0.1, 0.15) is 24.2 Å². The summed E-state index contributed by atoms with van der Waals surface area (Å²) in [4.78, 5) is 29.9. The summed E-state index contributed by atoms with van der Waals surface area (Å²) in [6.07, 6.45) is 1.70. The molecule has 0 saturated carbocycles. The van der Waals surface area contributed by atoms with Crippen LogP contribution >= 0.6 is 0 Å². The van der Waals surface area contributed by atoms with E-state index in [4.69, 9.17) is 9.47 Å². The number of carbonyl (C=O) groups is 2. The van der Waals surface area contributed by atoms with E-state index in [0.717, 1.165) is 69.2 Å². The van der Waals surface area contributed by atoms with E-state index in [0.29, 0.717) is 25.3 Å². The predicted molar refractivity (Wildman–Crippen MR) is 212 cm³/mol. The van der Waals surface area contributed by atoms with Gasteiger partial charge in [0, 0.05) is 61.2 Å². The van der Waals surface area contributed by atoms with E-state index in [1.54, 1.807) is 0 Å². The van der Waals surface area contributed by atoms with E-state index in [1.807, 2.05) is 158 Å². The van der Waals surface area contributed by atoms with Gasteiger partial charge in [-0.1, -0.05) is 78.4 Å². The first-order chi connectivity index (χ1) is 25.9. The molecule has 7 nitrogen and oxygen atoms in total. The zero-order valence-corrected chi connectivity index (χ0v) is 30.1. The van der Waals surface area contributed by atoms with Crippen molar-refractivity contribution in [3.05, 3.63) is 174 Å². The van der Waals surface area contributed by atoms with Crippen molar-refractivity contribution < 1.29 is 19.1 Å². The van der Waals surface area contributed by atoms with Gasteiger partial charge in [-0.2, -0.15) is 0 Å². The Morgan fingerprint density at radius 3 is 1.96 bits per heavy atom. The third kappa shape index (κ3) is 8.94. The van der Waals surface area contributed by atoms with Crippen LogP contribution in [-0.4, -0.2) is 43.0 Å². The molecule has 0 unspecified atom stereocenters. The zero-order valence-electron chi connectivity index (χ0n) is 30.1. The van der Waals surface area contributed by atoms with Crippen LogP contribution in [0.1, 0.15) is 44.7 Å². The molecular formula is C46H43N3O4. The van der Waals surface area contributed by atoms with Crippen molar-refractivity contribution >= 4 is 28.9 Å². The van der Waals surface area contributed by atoms with E-state index >= 15 is 0 Å². The highest BCUT2D eigenvalue weighted by Crippen LogP contribution is 2.28. The van der Waals surface area contributed by atoms with Crippen molar-refractivity contribution in [2.24, 2.45) is 0 Å². The van der Waals surface area contributed by atoms with E-state index in [2.05, 4.69) is 22.3 Å². The van der Waals surface area contributed by atoms with Crippen LogP contribution in [0.4, 0.5) is 17.1 Å². The van der Waals surface area contributed by atoms with Gasteiger partial charge in [-0.05, 0) is 102 Å². The molecule has 6 aromatic rings. The molecule has 1 fully saturated rings. The Morgan fingerprint density at radius 2 is 1.28 bits per heavy atom. The third-order valence-electron chi connectivity index (χ3n) is 9.63. The highest BCUT2D eigenvalue weighted by Gasteiger charge is 2.24. The van der Waals surface area contributed by atoms with E-state index in [9.17, 15) is 9.59 Å². The van der Waals surface area contributed by atoms with E-state index < -0.39 is 0 Å². The summed E-state index contributed by atoms with van der Waals surface area (Å²) in [6.45, 7) is 3.84. The zero-order chi connectivity index (χ0) is 36.6. The van der Waals surface area contributed by atoms with Crippen molar-refractivity contribution in [3.63, 3.8) is 0 Å². The number of para-hydroxylation sites is 1. The van der Waals surface area contributed by atoms with Crippen LogP contribution in [0.15, 0.2) is 152 Å². The Morgan fingerprint density at radius 1 is 0.679 bits per heavy atom. The first-order valence-corrected chi connectivity index (χ1v) is 18.0. The normalized spacial score (nSPS) is 12.9. The standard InChI is InChI=1S/C46H43N3O4/c1-33-11-15-38(16-12-33)46(51)49-29-27-44(28-30-49)53-43-23-13-34(14-24-43)32-52-42-25-21-36(22-26-42)35-17-19-37(20-18-35)45(50)47-39-7-6-10-41(31-39)48(2)40-8-4-3-5-9-40/h3-26,31,44H,27-30,32H2,1-2H3,(H,47,50). The number of benzene rings is 6. The molecule has 53 heavy (non-hydrogen) atoms. The second-order valence-electron chi connectivity index (χ2n) is 13.4. The quantitative estimate of drug-likeness (QED) is 0.146. The van der Waals surface area contributed by atoms with Gasteiger partial charge in [-0.25, -0.2) is 0 Å². The smallest absolute Gasteiger partial charge is 0.255 e. The van der Waals surface area contributed by atoms with Gasteiger partial charge in [0.15, 0.2) is 0 Å². The lowest BCUT2D eigenvalue weighted by molar-refractivity contribution is 0.0595. The van der Waals surface area contributed by atoms with Crippen LogP contribution < -0.4 is 19.7 Å². The summed E-state index contributed by atoms with van der Waals surface area (Å²) in [5.74, 6) is 1.53.